The normalized spacial score (nSPS) is 10.3. The maximum atomic E-state index is 11.1. The molecule has 0 rings (SSSR count). The molecule has 0 saturated heterocycles. The molecule has 0 fully saturated rings. The number of hydrogen-bond donors (Lipinski definition) is 1. The van der Waals surface area contributed by atoms with E-state index in [0.717, 1.165) is 32.5 Å². The quantitative estimate of drug-likeness (QED) is 0.562. The summed E-state index contributed by atoms with van der Waals surface area (Å²) in [6.45, 7) is 6.95. The molecular weight excluding hydrogens is 194 g/mol. The van der Waals surface area contributed by atoms with Crippen molar-refractivity contribution in [3.05, 3.63) is 0 Å². The van der Waals surface area contributed by atoms with Gasteiger partial charge in [0.1, 0.15) is 6.61 Å². The molecule has 0 spiro atoms. The fraction of sp³-hybridized carbons (Fsp3) is 0.909. The lowest BCUT2D eigenvalue weighted by Crippen LogP contribution is -2.29. The minimum absolute atomic E-state index is 0.0505. The molecule has 0 aromatic carbocycles. The van der Waals surface area contributed by atoms with Crippen molar-refractivity contribution in [2.45, 2.75) is 33.1 Å². The van der Waals surface area contributed by atoms with Crippen molar-refractivity contribution in [3.63, 3.8) is 0 Å². The van der Waals surface area contributed by atoms with Crippen LogP contribution in [0, 0.1) is 0 Å². The van der Waals surface area contributed by atoms with E-state index in [0.29, 0.717) is 13.2 Å². The molecule has 4 nitrogen and oxygen atoms in total. The fourth-order valence-corrected chi connectivity index (χ4v) is 0.996. The topological polar surface area (TPSA) is 47.6 Å². The summed E-state index contributed by atoms with van der Waals surface area (Å²) >= 11 is 0. The van der Waals surface area contributed by atoms with E-state index in [1.807, 2.05) is 6.92 Å². The van der Waals surface area contributed by atoms with E-state index < -0.39 is 0 Å². The highest BCUT2D eigenvalue weighted by molar-refractivity contribution is 5.77. The Morgan fingerprint density at radius 1 is 1.13 bits per heavy atom. The number of unbranched alkanes of at least 4 members (excludes halogenated alkanes) is 1. The number of rotatable bonds is 10. The van der Waals surface area contributed by atoms with Gasteiger partial charge in [-0.2, -0.15) is 0 Å². The average Bonchev–Trinajstić information content (AvgIpc) is 2.25. The van der Waals surface area contributed by atoms with Crippen LogP contribution in [0.4, 0.5) is 0 Å². The summed E-state index contributed by atoms with van der Waals surface area (Å²) in [5, 5.41) is 2.76. The number of nitrogens with one attached hydrogen (secondary N) is 1. The van der Waals surface area contributed by atoms with Gasteiger partial charge < -0.3 is 14.8 Å². The summed E-state index contributed by atoms with van der Waals surface area (Å²) in [5.74, 6) is -0.0505. The molecule has 1 N–H and O–H groups in total. The van der Waals surface area contributed by atoms with Gasteiger partial charge in [-0.05, 0) is 19.8 Å². The van der Waals surface area contributed by atoms with Crippen LogP contribution in [0.1, 0.15) is 33.1 Å². The van der Waals surface area contributed by atoms with Gasteiger partial charge in [0.05, 0.1) is 0 Å². The van der Waals surface area contributed by atoms with Gasteiger partial charge >= 0.3 is 0 Å². The highest BCUT2D eigenvalue weighted by Gasteiger charge is 1.98. The summed E-state index contributed by atoms with van der Waals surface area (Å²) in [7, 11) is 0. The molecular formula is C11H23NO3. The second kappa shape index (κ2) is 11.5. The standard InChI is InChI=1S/C11H23NO3/c1-3-5-8-15-9-6-7-12-11(13)10-14-4-2/h3-10H2,1-2H3,(H,12,13). The van der Waals surface area contributed by atoms with Gasteiger partial charge in [0.2, 0.25) is 5.91 Å². The van der Waals surface area contributed by atoms with Crippen molar-refractivity contribution < 1.29 is 14.3 Å². The second-order valence-corrected chi connectivity index (χ2v) is 3.31. The monoisotopic (exact) mass is 217 g/mol. The average molecular weight is 217 g/mol. The van der Waals surface area contributed by atoms with Crippen molar-refractivity contribution in [1.29, 1.82) is 0 Å². The molecule has 0 saturated carbocycles. The van der Waals surface area contributed by atoms with Gasteiger partial charge in [0.15, 0.2) is 0 Å². The third-order valence-corrected chi connectivity index (χ3v) is 1.87. The number of carbonyl (C=O) groups excluding carboxylic acids is 1. The summed E-state index contributed by atoms with van der Waals surface area (Å²) in [5.41, 5.74) is 0. The molecule has 90 valence electrons. The molecule has 0 aliphatic rings. The highest BCUT2D eigenvalue weighted by Crippen LogP contribution is 1.89. The van der Waals surface area contributed by atoms with Gasteiger partial charge in [-0.1, -0.05) is 13.3 Å². The predicted molar refractivity (Wildman–Crippen MR) is 59.8 cm³/mol. The Labute approximate surface area is 92.3 Å². The summed E-state index contributed by atoms with van der Waals surface area (Å²) in [6.07, 6.45) is 3.13. The van der Waals surface area contributed by atoms with Gasteiger partial charge in [0, 0.05) is 26.4 Å². The number of amides is 1. The van der Waals surface area contributed by atoms with Crippen LogP contribution in [0.2, 0.25) is 0 Å². The van der Waals surface area contributed by atoms with Crippen LogP contribution in [0.15, 0.2) is 0 Å². The van der Waals surface area contributed by atoms with Gasteiger partial charge in [-0.15, -0.1) is 0 Å². The smallest absolute Gasteiger partial charge is 0.245 e. The zero-order valence-electron chi connectivity index (χ0n) is 9.88. The van der Waals surface area contributed by atoms with Crippen LogP contribution < -0.4 is 5.32 Å². The van der Waals surface area contributed by atoms with Crippen LogP contribution in [0.5, 0.6) is 0 Å². The third kappa shape index (κ3) is 11.3. The van der Waals surface area contributed by atoms with E-state index in [2.05, 4.69) is 12.2 Å². The van der Waals surface area contributed by atoms with Crippen LogP contribution in [-0.2, 0) is 14.3 Å². The second-order valence-electron chi connectivity index (χ2n) is 3.31. The van der Waals surface area contributed by atoms with E-state index in [1.165, 1.54) is 0 Å². The minimum atomic E-state index is -0.0505. The van der Waals surface area contributed by atoms with Crippen molar-refractivity contribution in [1.82, 2.24) is 5.32 Å². The van der Waals surface area contributed by atoms with E-state index >= 15 is 0 Å². The first kappa shape index (κ1) is 14.4. The van der Waals surface area contributed by atoms with Crippen molar-refractivity contribution >= 4 is 5.91 Å². The van der Waals surface area contributed by atoms with Crippen LogP contribution in [0.3, 0.4) is 0 Å². The van der Waals surface area contributed by atoms with Gasteiger partial charge in [0.25, 0.3) is 0 Å². The van der Waals surface area contributed by atoms with Crippen molar-refractivity contribution in [2.24, 2.45) is 0 Å². The van der Waals surface area contributed by atoms with Gasteiger partial charge in [-0.3, -0.25) is 4.79 Å². The van der Waals surface area contributed by atoms with Crippen LogP contribution in [0.25, 0.3) is 0 Å². The van der Waals surface area contributed by atoms with E-state index in [4.69, 9.17) is 9.47 Å². The van der Waals surface area contributed by atoms with E-state index in [1.54, 1.807) is 0 Å². The lowest BCUT2D eigenvalue weighted by atomic mass is 10.3. The SMILES string of the molecule is CCCCOCCCNC(=O)COCC. The predicted octanol–water partition coefficient (Wildman–Crippen LogP) is 1.35. The first-order chi connectivity index (χ1) is 7.31. The Morgan fingerprint density at radius 2 is 1.87 bits per heavy atom. The zero-order valence-corrected chi connectivity index (χ0v) is 9.88. The Balaban J connectivity index is 3.06. The maximum absolute atomic E-state index is 11.1. The fourth-order valence-electron chi connectivity index (χ4n) is 0.996. The van der Waals surface area contributed by atoms with Gasteiger partial charge in [-0.25, -0.2) is 0 Å². The first-order valence-electron chi connectivity index (χ1n) is 5.73. The molecule has 0 radical (unpaired) electrons. The molecule has 15 heavy (non-hydrogen) atoms. The Hall–Kier alpha value is -0.610. The lowest BCUT2D eigenvalue weighted by Gasteiger charge is -2.05. The molecule has 0 bridgehead atoms. The highest BCUT2D eigenvalue weighted by atomic mass is 16.5. The molecule has 0 aromatic heterocycles. The molecule has 0 aliphatic heterocycles. The summed E-state index contributed by atoms with van der Waals surface area (Å²) < 4.78 is 10.3. The number of hydrogen-bond acceptors (Lipinski definition) is 3. The third-order valence-electron chi connectivity index (χ3n) is 1.87. The lowest BCUT2D eigenvalue weighted by molar-refractivity contribution is -0.125. The molecule has 1 amide bonds. The molecule has 0 unspecified atom stereocenters. The zero-order chi connectivity index (χ0) is 11.4. The largest absolute Gasteiger partial charge is 0.381 e. The molecule has 4 heteroatoms. The minimum Gasteiger partial charge on any atom is -0.381 e. The van der Waals surface area contributed by atoms with E-state index in [9.17, 15) is 4.79 Å². The Kier molecular flexibility index (Phi) is 11.0. The van der Waals surface area contributed by atoms with Crippen molar-refractivity contribution in [2.75, 3.05) is 33.0 Å². The molecule has 0 heterocycles. The number of ether oxygens (including phenoxy) is 2. The van der Waals surface area contributed by atoms with Crippen LogP contribution >= 0.6 is 0 Å². The van der Waals surface area contributed by atoms with Crippen LogP contribution in [-0.4, -0.2) is 38.9 Å². The first-order valence-corrected chi connectivity index (χ1v) is 5.73. The molecule has 0 aliphatic carbocycles. The molecule has 0 aromatic rings. The van der Waals surface area contributed by atoms with E-state index in [-0.39, 0.29) is 12.5 Å². The summed E-state index contributed by atoms with van der Waals surface area (Å²) in [6, 6.07) is 0. The number of carbonyl (C=O) groups is 1. The Bertz CT molecular complexity index is 151. The summed E-state index contributed by atoms with van der Waals surface area (Å²) in [4.78, 5) is 11.1. The maximum Gasteiger partial charge on any atom is 0.245 e. The Morgan fingerprint density at radius 3 is 2.53 bits per heavy atom. The van der Waals surface area contributed by atoms with Crippen molar-refractivity contribution in [3.8, 4) is 0 Å². The molecule has 0 atom stereocenters.